The standard InChI is InChI=1S/C18H14ClNO2/c1-11-6-8-12(9-7-11)15-16(18(22)17(15)21)20-10-13-4-2-3-5-14(13)19/h2-9,20H,10H2,1H3. The zero-order valence-corrected chi connectivity index (χ0v) is 12.8. The van der Waals surface area contributed by atoms with Gasteiger partial charge in [-0.1, -0.05) is 59.6 Å². The van der Waals surface area contributed by atoms with Crippen LogP contribution in [0, 0.1) is 6.92 Å². The normalized spacial score (nSPS) is 10.8. The van der Waals surface area contributed by atoms with E-state index in [0.717, 1.165) is 16.7 Å². The molecule has 4 heteroatoms. The Morgan fingerprint density at radius 2 is 1.64 bits per heavy atom. The fraction of sp³-hybridized carbons (Fsp3) is 0.111. The molecule has 3 aromatic rings. The van der Waals surface area contributed by atoms with Crippen molar-refractivity contribution in [2.45, 2.75) is 13.5 Å². The smallest absolute Gasteiger partial charge is 0.250 e. The summed E-state index contributed by atoms with van der Waals surface area (Å²) in [4.78, 5) is 23.7. The van der Waals surface area contributed by atoms with Gasteiger partial charge in [-0.15, -0.1) is 0 Å². The van der Waals surface area contributed by atoms with Crippen molar-refractivity contribution in [2.24, 2.45) is 0 Å². The monoisotopic (exact) mass is 311 g/mol. The maximum absolute atomic E-state index is 11.9. The zero-order valence-electron chi connectivity index (χ0n) is 12.0. The van der Waals surface area contributed by atoms with Crippen molar-refractivity contribution in [1.29, 1.82) is 0 Å². The number of hydrogen-bond acceptors (Lipinski definition) is 3. The quantitative estimate of drug-likeness (QED) is 0.750. The molecule has 0 spiro atoms. The predicted molar refractivity (Wildman–Crippen MR) is 90.3 cm³/mol. The summed E-state index contributed by atoms with van der Waals surface area (Å²) >= 11 is 6.10. The number of aryl methyl sites for hydroxylation is 1. The first kappa shape index (κ1) is 14.5. The minimum atomic E-state index is -0.470. The summed E-state index contributed by atoms with van der Waals surface area (Å²) in [5.41, 5.74) is 2.66. The van der Waals surface area contributed by atoms with Crippen LogP contribution in [0.5, 0.6) is 0 Å². The molecule has 0 saturated carbocycles. The van der Waals surface area contributed by atoms with Crippen molar-refractivity contribution in [3.05, 3.63) is 85.1 Å². The van der Waals surface area contributed by atoms with Crippen molar-refractivity contribution in [2.75, 3.05) is 5.32 Å². The van der Waals surface area contributed by atoms with Crippen LogP contribution in [0.4, 0.5) is 5.69 Å². The Hall–Kier alpha value is -2.39. The topological polar surface area (TPSA) is 46.2 Å². The molecule has 0 aliphatic rings. The highest BCUT2D eigenvalue weighted by Gasteiger charge is 2.21. The van der Waals surface area contributed by atoms with E-state index in [0.29, 0.717) is 22.8 Å². The largest absolute Gasteiger partial charge is 0.377 e. The van der Waals surface area contributed by atoms with E-state index in [9.17, 15) is 9.59 Å². The van der Waals surface area contributed by atoms with E-state index in [1.54, 1.807) is 6.07 Å². The van der Waals surface area contributed by atoms with Gasteiger partial charge in [0.05, 0.1) is 11.3 Å². The average molecular weight is 312 g/mol. The van der Waals surface area contributed by atoms with Crippen molar-refractivity contribution >= 4 is 17.3 Å². The molecule has 0 saturated heterocycles. The molecule has 3 rings (SSSR count). The molecular formula is C18H14ClNO2. The molecule has 0 aliphatic heterocycles. The summed E-state index contributed by atoms with van der Waals surface area (Å²) in [5, 5.41) is 3.67. The first-order chi connectivity index (χ1) is 10.6. The highest BCUT2D eigenvalue weighted by Crippen LogP contribution is 2.25. The second kappa shape index (κ2) is 5.78. The number of halogens is 1. The van der Waals surface area contributed by atoms with E-state index in [1.807, 2.05) is 49.4 Å². The third kappa shape index (κ3) is 2.55. The van der Waals surface area contributed by atoms with Crippen LogP contribution in [0.25, 0.3) is 11.1 Å². The number of rotatable bonds is 4. The summed E-state index contributed by atoms with van der Waals surface area (Å²) in [6.07, 6.45) is 0. The van der Waals surface area contributed by atoms with Crippen molar-refractivity contribution in [3.8, 4) is 11.1 Å². The second-order valence-corrected chi connectivity index (χ2v) is 5.63. The van der Waals surface area contributed by atoms with Gasteiger partial charge in [0.15, 0.2) is 0 Å². The van der Waals surface area contributed by atoms with Crippen molar-refractivity contribution < 1.29 is 0 Å². The SMILES string of the molecule is Cc1ccc(-c2c(NCc3ccccc3Cl)c(=O)c2=O)cc1. The predicted octanol–water partition coefficient (Wildman–Crippen LogP) is 3.52. The Kier molecular flexibility index (Phi) is 3.82. The maximum Gasteiger partial charge on any atom is 0.250 e. The first-order valence-corrected chi connectivity index (χ1v) is 7.33. The lowest BCUT2D eigenvalue weighted by Crippen LogP contribution is -2.36. The van der Waals surface area contributed by atoms with Crippen LogP contribution < -0.4 is 16.2 Å². The molecule has 3 nitrogen and oxygen atoms in total. The Balaban J connectivity index is 1.88. The van der Waals surface area contributed by atoms with Gasteiger partial charge in [0, 0.05) is 11.6 Å². The zero-order chi connectivity index (χ0) is 15.7. The Morgan fingerprint density at radius 3 is 2.32 bits per heavy atom. The summed E-state index contributed by atoms with van der Waals surface area (Å²) in [7, 11) is 0. The Bertz CT molecular complexity index is 890. The first-order valence-electron chi connectivity index (χ1n) is 6.95. The highest BCUT2D eigenvalue weighted by molar-refractivity contribution is 6.31. The molecule has 0 radical (unpaired) electrons. The lowest BCUT2D eigenvalue weighted by Gasteiger charge is -2.14. The van der Waals surface area contributed by atoms with Gasteiger partial charge in [-0.2, -0.15) is 0 Å². The number of nitrogens with one attached hydrogen (secondary N) is 1. The summed E-state index contributed by atoms with van der Waals surface area (Å²) in [6, 6.07) is 15.0. The summed E-state index contributed by atoms with van der Waals surface area (Å²) in [5.74, 6) is 0. The number of anilines is 1. The van der Waals surface area contributed by atoms with Gasteiger partial charge < -0.3 is 5.32 Å². The molecule has 0 fully saturated rings. The fourth-order valence-corrected chi connectivity index (χ4v) is 2.58. The third-order valence-electron chi connectivity index (χ3n) is 3.66. The van der Waals surface area contributed by atoms with Crippen LogP contribution in [-0.4, -0.2) is 0 Å². The maximum atomic E-state index is 11.9. The molecule has 22 heavy (non-hydrogen) atoms. The Morgan fingerprint density at radius 1 is 0.955 bits per heavy atom. The minimum Gasteiger partial charge on any atom is -0.377 e. The summed E-state index contributed by atoms with van der Waals surface area (Å²) in [6.45, 7) is 2.38. The highest BCUT2D eigenvalue weighted by atomic mass is 35.5. The van der Waals surface area contributed by atoms with Crippen LogP contribution >= 0.6 is 11.6 Å². The van der Waals surface area contributed by atoms with E-state index in [2.05, 4.69) is 5.32 Å². The van der Waals surface area contributed by atoms with Gasteiger partial charge in [-0.25, -0.2) is 0 Å². The number of hydrogen-bond donors (Lipinski definition) is 1. The lowest BCUT2D eigenvalue weighted by molar-refractivity contribution is 1.13. The molecule has 0 aromatic heterocycles. The minimum absolute atomic E-state index is 0.369. The molecule has 0 bridgehead atoms. The van der Waals surface area contributed by atoms with Crippen LogP contribution in [0.3, 0.4) is 0 Å². The molecule has 110 valence electrons. The molecule has 0 atom stereocenters. The Labute approximate surface area is 132 Å². The van der Waals surface area contributed by atoms with E-state index in [1.165, 1.54) is 0 Å². The fourth-order valence-electron chi connectivity index (χ4n) is 2.38. The van der Waals surface area contributed by atoms with Crippen molar-refractivity contribution in [1.82, 2.24) is 0 Å². The van der Waals surface area contributed by atoms with Gasteiger partial charge in [-0.05, 0) is 24.1 Å². The van der Waals surface area contributed by atoms with Crippen LogP contribution in [-0.2, 0) is 6.54 Å². The molecule has 0 aliphatic carbocycles. The van der Waals surface area contributed by atoms with Crippen molar-refractivity contribution in [3.63, 3.8) is 0 Å². The lowest BCUT2D eigenvalue weighted by atomic mass is 9.97. The van der Waals surface area contributed by atoms with Gasteiger partial charge in [0.25, 0.3) is 0 Å². The van der Waals surface area contributed by atoms with E-state index in [-0.39, 0.29) is 0 Å². The van der Waals surface area contributed by atoms with Gasteiger partial charge in [0.2, 0.25) is 10.9 Å². The molecule has 0 unspecified atom stereocenters. The molecule has 1 N–H and O–H groups in total. The van der Waals surface area contributed by atoms with E-state index in [4.69, 9.17) is 11.6 Å². The van der Waals surface area contributed by atoms with Crippen LogP contribution in [0.15, 0.2) is 58.1 Å². The van der Waals surface area contributed by atoms with Crippen LogP contribution in [0.2, 0.25) is 5.02 Å². The van der Waals surface area contributed by atoms with Gasteiger partial charge in [0.1, 0.15) is 0 Å². The average Bonchev–Trinajstić information content (AvgIpc) is 2.53. The van der Waals surface area contributed by atoms with E-state index < -0.39 is 10.9 Å². The molecular weight excluding hydrogens is 298 g/mol. The van der Waals surface area contributed by atoms with Gasteiger partial charge >= 0.3 is 0 Å². The molecule has 0 amide bonds. The summed E-state index contributed by atoms with van der Waals surface area (Å²) < 4.78 is 0. The molecule has 3 aromatic carbocycles. The van der Waals surface area contributed by atoms with E-state index >= 15 is 0 Å². The second-order valence-electron chi connectivity index (χ2n) is 5.22. The van der Waals surface area contributed by atoms with Gasteiger partial charge in [-0.3, -0.25) is 9.59 Å². The third-order valence-corrected chi connectivity index (χ3v) is 4.03. The molecule has 0 heterocycles. The van der Waals surface area contributed by atoms with Crippen LogP contribution in [0.1, 0.15) is 11.1 Å². The number of benzene rings is 2.